The summed E-state index contributed by atoms with van der Waals surface area (Å²) in [5.74, 6) is -0.254. The van der Waals surface area contributed by atoms with E-state index in [1.54, 1.807) is 42.9 Å². The molecule has 17 heteroatoms. The van der Waals surface area contributed by atoms with Crippen molar-refractivity contribution in [3.8, 4) is 22.9 Å². The third kappa shape index (κ3) is 7.83. The summed E-state index contributed by atoms with van der Waals surface area (Å²) in [5.41, 5.74) is 17.3. The molecule has 6 N–H and O–H groups in total. The minimum Gasteiger partial charge on any atom is -0.495 e. The number of aryl methyl sites for hydroxylation is 4. The first-order valence-electron chi connectivity index (χ1n) is 19.4. The van der Waals surface area contributed by atoms with Crippen molar-refractivity contribution in [3.63, 3.8) is 0 Å². The lowest BCUT2D eigenvalue weighted by molar-refractivity contribution is 0.0987. The Labute approximate surface area is 339 Å². The Morgan fingerprint density at radius 1 is 0.881 bits per heavy atom. The molecule has 0 saturated carbocycles. The van der Waals surface area contributed by atoms with Crippen molar-refractivity contribution in [2.24, 2.45) is 11.5 Å². The molecule has 0 radical (unpaired) electrons. The van der Waals surface area contributed by atoms with Crippen LogP contribution in [-0.2, 0) is 26.1 Å². The van der Waals surface area contributed by atoms with Crippen molar-refractivity contribution in [1.82, 2.24) is 39.2 Å². The fourth-order valence-corrected chi connectivity index (χ4v) is 7.26. The first-order chi connectivity index (χ1) is 28.5. The fraction of sp³-hybridized carbons (Fsp3) is 0.310. The third-order valence-electron chi connectivity index (χ3n) is 9.97. The highest BCUT2D eigenvalue weighted by molar-refractivity contribution is 6.12. The maximum absolute atomic E-state index is 13.7. The second-order valence-electron chi connectivity index (χ2n) is 13.9. The smallest absolute Gasteiger partial charge is 0.295 e. The number of hydrogen-bond acceptors (Lipinski definition) is 11. The van der Waals surface area contributed by atoms with Crippen LogP contribution in [0.15, 0.2) is 59.0 Å². The summed E-state index contributed by atoms with van der Waals surface area (Å²) in [6, 6.07) is 12.5. The van der Waals surface area contributed by atoms with Crippen molar-refractivity contribution >= 4 is 56.6 Å². The summed E-state index contributed by atoms with van der Waals surface area (Å²) in [7, 11) is 3.40. The summed E-state index contributed by atoms with van der Waals surface area (Å²) in [6.07, 6.45) is 5.08. The number of rotatable bonds is 17. The zero-order valence-electron chi connectivity index (χ0n) is 33.9. The number of anilines is 1. The van der Waals surface area contributed by atoms with Gasteiger partial charge in [0.1, 0.15) is 22.7 Å². The number of allylic oxidation sites excluding steroid dienone is 2. The van der Waals surface area contributed by atoms with Crippen LogP contribution < -0.4 is 31.6 Å². The number of hydrogen-bond donors (Lipinski definition) is 4. The molecule has 0 atom stereocenters. The quantitative estimate of drug-likeness (QED) is 0.0683. The highest BCUT2D eigenvalue weighted by atomic mass is 16.5. The summed E-state index contributed by atoms with van der Waals surface area (Å²) in [4.78, 5) is 52.8. The molecule has 2 aromatic carbocycles. The molecule has 7 aromatic rings. The molecule has 5 heterocycles. The van der Waals surface area contributed by atoms with Gasteiger partial charge in [0, 0.05) is 48.5 Å². The zero-order chi connectivity index (χ0) is 42.0. The summed E-state index contributed by atoms with van der Waals surface area (Å²) in [6.45, 7) is 9.82. The number of imidazole rings is 1. The number of benzene rings is 2. The first kappa shape index (κ1) is 40.2. The van der Waals surface area contributed by atoms with Crippen LogP contribution in [0.1, 0.15) is 68.8 Å². The average molecular weight is 802 g/mol. The molecule has 0 bridgehead atoms. The van der Waals surface area contributed by atoms with Gasteiger partial charge in [-0.2, -0.15) is 5.10 Å². The number of nitrogens with one attached hydrogen (secondary N) is 2. The molecule has 0 unspecified atom stereocenters. The maximum atomic E-state index is 13.7. The molecule has 0 fully saturated rings. The lowest BCUT2D eigenvalue weighted by Gasteiger charge is -2.13. The monoisotopic (exact) mass is 801 g/mol. The van der Waals surface area contributed by atoms with E-state index in [9.17, 15) is 14.4 Å². The highest BCUT2D eigenvalue weighted by Crippen LogP contribution is 2.37. The number of oxazole rings is 1. The molecule has 0 aliphatic heterocycles. The molecule has 0 spiro atoms. The fourth-order valence-electron chi connectivity index (χ4n) is 7.26. The van der Waals surface area contributed by atoms with Crippen LogP contribution in [0.25, 0.3) is 44.4 Å². The second-order valence-corrected chi connectivity index (χ2v) is 13.9. The molecule has 17 nitrogen and oxygen atoms in total. The van der Waals surface area contributed by atoms with E-state index in [0.717, 1.165) is 33.4 Å². The van der Waals surface area contributed by atoms with Crippen LogP contribution in [0.5, 0.6) is 11.5 Å². The number of amides is 3. The Balaban J connectivity index is 1.33. The topological polar surface area (TPSA) is 225 Å². The van der Waals surface area contributed by atoms with E-state index in [1.165, 1.54) is 0 Å². The first-order valence-corrected chi connectivity index (χ1v) is 19.4. The van der Waals surface area contributed by atoms with Crippen LogP contribution in [0.4, 0.5) is 5.95 Å². The molecule has 59 heavy (non-hydrogen) atoms. The minimum atomic E-state index is -0.646. The largest absolute Gasteiger partial charge is 0.495 e. The molecule has 306 valence electrons. The molecule has 5 aromatic heterocycles. The van der Waals surface area contributed by atoms with Gasteiger partial charge >= 0.3 is 0 Å². The molecule has 7 rings (SSSR count). The Bertz CT molecular complexity index is 2770. The van der Waals surface area contributed by atoms with Crippen LogP contribution >= 0.6 is 0 Å². The van der Waals surface area contributed by atoms with Crippen LogP contribution in [-0.4, -0.2) is 78.9 Å². The van der Waals surface area contributed by atoms with E-state index in [-0.39, 0.29) is 23.8 Å². The number of nitrogens with zero attached hydrogens (tertiary/aromatic N) is 7. The number of aromatic nitrogens is 7. The van der Waals surface area contributed by atoms with Gasteiger partial charge in [-0.15, -0.1) is 0 Å². The van der Waals surface area contributed by atoms with Crippen LogP contribution in [0.2, 0.25) is 0 Å². The number of carbonyl (C=O) groups is 3. The summed E-state index contributed by atoms with van der Waals surface area (Å²) in [5, 5.41) is 12.2. The minimum absolute atomic E-state index is 0.0873. The van der Waals surface area contributed by atoms with Gasteiger partial charge in [0.2, 0.25) is 23.5 Å². The van der Waals surface area contributed by atoms with Gasteiger partial charge in [0.05, 0.1) is 47.5 Å². The van der Waals surface area contributed by atoms with Crippen molar-refractivity contribution in [1.29, 1.82) is 0 Å². The van der Waals surface area contributed by atoms with Gasteiger partial charge in [0.25, 0.3) is 5.91 Å². The van der Waals surface area contributed by atoms with E-state index < -0.39 is 17.7 Å². The SMILES string of the molecule is CCc1nc(C)oc1C(=O)Nc1nc2cc(C(N)=O)cc(OCCCNC)c2n1C/C=C/Cn1c2nc(-c3cc(C)nn3CC)ccc2c2cc(C(N)=O)cc(OC)c21. The Morgan fingerprint density at radius 3 is 2.31 bits per heavy atom. The second kappa shape index (κ2) is 16.8. The van der Waals surface area contributed by atoms with Gasteiger partial charge < -0.3 is 39.8 Å². The van der Waals surface area contributed by atoms with E-state index in [0.29, 0.717) is 84.4 Å². The molecule has 3 amide bonds. The Kier molecular flexibility index (Phi) is 11.5. The van der Waals surface area contributed by atoms with Crippen molar-refractivity contribution in [2.75, 3.05) is 32.6 Å². The predicted molar refractivity (Wildman–Crippen MR) is 224 cm³/mol. The predicted octanol–water partition coefficient (Wildman–Crippen LogP) is 5.29. The standard InChI is InChI=1S/C42H47N11O6/c1-7-29-37(59-24(4)46-29)41(56)49-42-48-31-20-26(39(44)55)22-34(58-17-11-14-45-5)36(31)52(42)16-10-9-15-51-35-28(19-25(38(43)54)21-33(35)57-6)27-12-13-30(47-40(27)51)32-18-23(3)50-53(32)8-2/h9-10,12-13,18-22,45H,7-8,11,14-17H2,1-6H3,(H2,43,54)(H2,44,55)(H,48,49,56)/b10-9+. The van der Waals surface area contributed by atoms with Crippen molar-refractivity contribution < 1.29 is 28.3 Å². The van der Waals surface area contributed by atoms with E-state index >= 15 is 0 Å². The lowest BCUT2D eigenvalue weighted by Crippen LogP contribution is -2.17. The molecular formula is C42H47N11O6. The zero-order valence-corrected chi connectivity index (χ0v) is 33.9. The van der Waals surface area contributed by atoms with Crippen molar-refractivity contribution in [3.05, 3.63) is 88.8 Å². The van der Waals surface area contributed by atoms with Gasteiger partial charge in [-0.3, -0.25) is 24.4 Å². The number of pyridine rings is 1. The summed E-state index contributed by atoms with van der Waals surface area (Å²) < 4.78 is 23.5. The van der Waals surface area contributed by atoms with E-state index in [4.69, 9.17) is 35.3 Å². The van der Waals surface area contributed by atoms with Gasteiger partial charge in [0.15, 0.2) is 5.89 Å². The Hall–Kier alpha value is -7.01. The number of primary amides is 2. The number of fused-ring (bicyclic) bond motifs is 4. The highest BCUT2D eigenvalue weighted by Gasteiger charge is 2.24. The van der Waals surface area contributed by atoms with Gasteiger partial charge in [-0.25, -0.2) is 15.0 Å². The maximum Gasteiger partial charge on any atom is 0.295 e. The van der Waals surface area contributed by atoms with E-state index in [1.807, 2.05) is 67.4 Å². The van der Waals surface area contributed by atoms with E-state index in [2.05, 4.69) is 20.7 Å². The molecule has 0 saturated heterocycles. The van der Waals surface area contributed by atoms with Crippen LogP contribution in [0.3, 0.4) is 0 Å². The average Bonchev–Trinajstić information content (AvgIpc) is 3.98. The number of carbonyl (C=O) groups excluding carboxylic acids is 3. The molecule has 0 aliphatic rings. The third-order valence-corrected chi connectivity index (χ3v) is 9.97. The lowest BCUT2D eigenvalue weighted by atomic mass is 10.1. The normalized spacial score (nSPS) is 11.7. The Morgan fingerprint density at radius 2 is 1.61 bits per heavy atom. The summed E-state index contributed by atoms with van der Waals surface area (Å²) >= 11 is 0. The van der Waals surface area contributed by atoms with Crippen molar-refractivity contribution in [2.45, 2.75) is 60.2 Å². The van der Waals surface area contributed by atoms with Gasteiger partial charge in [-0.1, -0.05) is 19.1 Å². The number of nitrogens with two attached hydrogens (primary N) is 2. The van der Waals surface area contributed by atoms with Gasteiger partial charge in [-0.05, 0) is 82.7 Å². The molecular weight excluding hydrogens is 755 g/mol. The van der Waals surface area contributed by atoms with Crippen LogP contribution in [0, 0.1) is 13.8 Å². The number of ether oxygens (including phenoxy) is 2. The number of methoxy groups -OCH3 is 1. The molecule has 0 aliphatic carbocycles.